The fourth-order valence-electron chi connectivity index (χ4n) is 2.27. The van der Waals surface area contributed by atoms with Crippen LogP contribution in [0.25, 0.3) is 0 Å². The topological polar surface area (TPSA) is 96.3 Å². The van der Waals surface area contributed by atoms with E-state index in [4.69, 9.17) is 27.8 Å². The summed E-state index contributed by atoms with van der Waals surface area (Å²) in [5, 5.41) is -0.0628. The van der Waals surface area contributed by atoms with E-state index in [1.165, 1.54) is 0 Å². The maximum absolute atomic E-state index is 10.9. The van der Waals surface area contributed by atoms with Gasteiger partial charge in [0.15, 0.2) is 0 Å². The third kappa shape index (κ3) is 5.55. The smallest absolute Gasteiger partial charge is 0.264 e. The first-order chi connectivity index (χ1) is 11.3. The van der Waals surface area contributed by atoms with Gasteiger partial charge in [-0.25, -0.2) is 0 Å². The van der Waals surface area contributed by atoms with Crippen LogP contribution in [0.5, 0.6) is 0 Å². The number of aromatic nitrogens is 3. The predicted molar refractivity (Wildman–Crippen MR) is 93.5 cm³/mol. The van der Waals surface area contributed by atoms with Crippen LogP contribution in [-0.4, -0.2) is 39.7 Å². The number of anilines is 2. The van der Waals surface area contributed by atoms with Crippen LogP contribution >= 0.6 is 23.2 Å². The average Bonchev–Trinajstić information content (AvgIpc) is 2.46. The normalized spacial score (nSPS) is 12.8. The lowest BCUT2D eigenvalue weighted by molar-refractivity contribution is 0.478. The number of rotatable bonds is 7. The molecule has 0 aliphatic carbocycles. The summed E-state index contributed by atoms with van der Waals surface area (Å²) in [5.41, 5.74) is 0.801. The number of para-hydroxylation sites is 1. The highest BCUT2D eigenvalue weighted by atomic mass is 35.5. The lowest BCUT2D eigenvalue weighted by Crippen LogP contribution is -2.30. The Balaban J connectivity index is 2.29. The quantitative estimate of drug-likeness (QED) is 0.723. The minimum absolute atomic E-state index is 0.0314. The molecule has 130 valence electrons. The molecule has 0 radical (unpaired) electrons. The van der Waals surface area contributed by atoms with E-state index in [9.17, 15) is 8.42 Å². The highest BCUT2D eigenvalue weighted by Crippen LogP contribution is 2.27. The zero-order valence-electron chi connectivity index (χ0n) is 12.8. The molecule has 0 fully saturated rings. The lowest BCUT2D eigenvalue weighted by atomic mass is 10.1. The molecule has 0 saturated carbocycles. The Bertz CT molecular complexity index is 770. The first-order valence-electron chi connectivity index (χ1n) is 7.13. The van der Waals surface area contributed by atoms with Gasteiger partial charge in [-0.15, -0.1) is 0 Å². The van der Waals surface area contributed by atoms with Crippen molar-refractivity contribution >= 4 is 45.0 Å². The van der Waals surface area contributed by atoms with Crippen molar-refractivity contribution < 1.29 is 13.0 Å². The molecule has 1 N–H and O–H groups in total. The van der Waals surface area contributed by atoms with E-state index < -0.39 is 10.1 Å². The number of hydrogen-bond donors (Lipinski definition) is 1. The van der Waals surface area contributed by atoms with E-state index in [0.29, 0.717) is 6.42 Å². The fourth-order valence-corrected chi connectivity index (χ4v) is 3.16. The Kier molecular flexibility index (Phi) is 6.34. The molecule has 10 heteroatoms. The molecule has 0 aliphatic heterocycles. The molecule has 0 aliphatic rings. The molecule has 24 heavy (non-hydrogen) atoms. The first kappa shape index (κ1) is 18.9. The van der Waals surface area contributed by atoms with Gasteiger partial charge in [0.1, 0.15) is 0 Å². The second kappa shape index (κ2) is 8.06. The SMILES string of the molecule is CC(CCCS(=O)(=O)O)N(c1ccccc1)c1nc(Cl)nc(Cl)n1. The highest BCUT2D eigenvalue weighted by molar-refractivity contribution is 7.85. The minimum atomic E-state index is -3.99. The fraction of sp³-hybridized carbons (Fsp3) is 0.357. The third-order valence-corrected chi connectivity index (χ3v) is 4.43. The van der Waals surface area contributed by atoms with Crippen molar-refractivity contribution in [1.82, 2.24) is 15.0 Å². The Hall–Kier alpha value is -1.48. The van der Waals surface area contributed by atoms with Gasteiger partial charge in [-0.05, 0) is 55.1 Å². The predicted octanol–water partition coefficient (Wildman–Crippen LogP) is 3.37. The molecule has 0 bridgehead atoms. The van der Waals surface area contributed by atoms with E-state index in [-0.39, 0.29) is 34.7 Å². The molecule has 0 amide bonds. The number of nitrogens with zero attached hydrogens (tertiary/aromatic N) is 4. The molecular weight excluding hydrogens is 375 g/mol. The highest BCUT2D eigenvalue weighted by Gasteiger charge is 2.21. The summed E-state index contributed by atoms with van der Waals surface area (Å²) in [6.45, 7) is 1.89. The van der Waals surface area contributed by atoms with Crippen molar-refractivity contribution in [3.05, 3.63) is 40.9 Å². The van der Waals surface area contributed by atoms with Crippen LogP contribution in [0.1, 0.15) is 19.8 Å². The van der Waals surface area contributed by atoms with Gasteiger partial charge < -0.3 is 4.90 Å². The standard InChI is InChI=1S/C14H16Cl2N4O3S/c1-10(6-5-9-24(21,22)23)20(11-7-3-2-4-8-11)14-18-12(15)17-13(16)19-14/h2-4,7-8,10H,5-6,9H2,1H3,(H,21,22,23). The molecule has 1 aromatic heterocycles. The third-order valence-electron chi connectivity index (χ3n) is 3.28. The van der Waals surface area contributed by atoms with E-state index in [1.807, 2.05) is 37.3 Å². The molecule has 0 saturated heterocycles. The van der Waals surface area contributed by atoms with Crippen molar-refractivity contribution in [3.8, 4) is 0 Å². The molecule has 1 atom stereocenters. The molecule has 1 unspecified atom stereocenters. The van der Waals surface area contributed by atoms with Gasteiger partial charge in [-0.1, -0.05) is 18.2 Å². The van der Waals surface area contributed by atoms with Crippen molar-refractivity contribution in [1.29, 1.82) is 0 Å². The van der Waals surface area contributed by atoms with Gasteiger partial charge >= 0.3 is 0 Å². The summed E-state index contributed by atoms with van der Waals surface area (Å²) in [7, 11) is -3.99. The lowest BCUT2D eigenvalue weighted by Gasteiger charge is -2.29. The van der Waals surface area contributed by atoms with E-state index in [2.05, 4.69) is 15.0 Å². The molecule has 7 nitrogen and oxygen atoms in total. The Morgan fingerprint density at radius 3 is 2.25 bits per heavy atom. The Morgan fingerprint density at radius 2 is 1.71 bits per heavy atom. The van der Waals surface area contributed by atoms with Crippen LogP contribution in [0, 0.1) is 0 Å². The van der Waals surface area contributed by atoms with Crippen LogP contribution in [0.4, 0.5) is 11.6 Å². The molecule has 2 aromatic rings. The second-order valence-corrected chi connectivity index (χ2v) is 7.40. The summed E-state index contributed by atoms with van der Waals surface area (Å²) in [5.74, 6) is -0.0378. The summed E-state index contributed by atoms with van der Waals surface area (Å²) < 4.78 is 30.6. The average molecular weight is 391 g/mol. The monoisotopic (exact) mass is 390 g/mol. The van der Waals surface area contributed by atoms with Gasteiger partial charge in [0, 0.05) is 11.7 Å². The van der Waals surface area contributed by atoms with Crippen molar-refractivity contribution in [2.24, 2.45) is 0 Å². The van der Waals surface area contributed by atoms with Crippen LogP contribution in [0.2, 0.25) is 10.6 Å². The summed E-state index contributed by atoms with van der Waals surface area (Å²) in [6.07, 6.45) is 0.769. The minimum Gasteiger partial charge on any atom is -0.308 e. The van der Waals surface area contributed by atoms with E-state index in [0.717, 1.165) is 5.69 Å². The molecule has 1 heterocycles. The van der Waals surface area contributed by atoms with Gasteiger partial charge in [0.25, 0.3) is 10.1 Å². The number of halogens is 2. The molecule has 2 rings (SSSR count). The molecule has 1 aromatic carbocycles. The summed E-state index contributed by atoms with van der Waals surface area (Å²) in [6, 6.07) is 9.16. The Labute approximate surface area is 150 Å². The van der Waals surface area contributed by atoms with E-state index in [1.54, 1.807) is 4.90 Å². The molecular formula is C14H16Cl2N4O3S. The van der Waals surface area contributed by atoms with Gasteiger partial charge in [-0.2, -0.15) is 23.4 Å². The number of benzene rings is 1. The maximum atomic E-state index is 10.9. The summed E-state index contributed by atoms with van der Waals surface area (Å²) >= 11 is 11.7. The zero-order valence-corrected chi connectivity index (χ0v) is 15.1. The van der Waals surface area contributed by atoms with Gasteiger partial charge in [0.2, 0.25) is 16.5 Å². The summed E-state index contributed by atoms with van der Waals surface area (Å²) in [4.78, 5) is 13.7. The number of hydrogen-bond acceptors (Lipinski definition) is 6. The molecule has 0 spiro atoms. The van der Waals surface area contributed by atoms with Gasteiger partial charge in [0.05, 0.1) is 5.75 Å². The van der Waals surface area contributed by atoms with Crippen LogP contribution in [0.3, 0.4) is 0 Å². The second-order valence-electron chi connectivity index (χ2n) is 5.16. The van der Waals surface area contributed by atoms with Crippen LogP contribution < -0.4 is 4.90 Å². The van der Waals surface area contributed by atoms with E-state index >= 15 is 0 Å². The maximum Gasteiger partial charge on any atom is 0.264 e. The largest absolute Gasteiger partial charge is 0.308 e. The van der Waals surface area contributed by atoms with Crippen LogP contribution in [-0.2, 0) is 10.1 Å². The van der Waals surface area contributed by atoms with Crippen molar-refractivity contribution in [2.75, 3.05) is 10.7 Å². The van der Waals surface area contributed by atoms with Gasteiger partial charge in [-0.3, -0.25) is 4.55 Å². The van der Waals surface area contributed by atoms with Crippen molar-refractivity contribution in [2.45, 2.75) is 25.8 Å². The van der Waals surface area contributed by atoms with Crippen LogP contribution in [0.15, 0.2) is 30.3 Å². The van der Waals surface area contributed by atoms with Crippen molar-refractivity contribution in [3.63, 3.8) is 0 Å². The Morgan fingerprint density at radius 1 is 1.12 bits per heavy atom. The first-order valence-corrected chi connectivity index (χ1v) is 9.49. The zero-order chi connectivity index (χ0) is 17.7.